The Kier molecular flexibility index (Phi) is 5.13. The van der Waals surface area contributed by atoms with Gasteiger partial charge in [0.25, 0.3) is 0 Å². The van der Waals surface area contributed by atoms with Crippen LogP contribution in [0.4, 0.5) is 10.5 Å². The first-order valence-corrected chi connectivity index (χ1v) is 7.82. The molecule has 1 unspecified atom stereocenters. The second kappa shape index (κ2) is 6.89. The van der Waals surface area contributed by atoms with Gasteiger partial charge < -0.3 is 20.1 Å². The van der Waals surface area contributed by atoms with Crippen LogP contribution in [0.5, 0.6) is 5.75 Å². The first-order valence-electron chi connectivity index (χ1n) is 7.82. The summed E-state index contributed by atoms with van der Waals surface area (Å²) >= 11 is 0. The van der Waals surface area contributed by atoms with Crippen molar-refractivity contribution >= 4 is 17.7 Å². The number of nitrogens with one attached hydrogen (secondary N) is 1. The van der Waals surface area contributed by atoms with Crippen molar-refractivity contribution < 1.29 is 19.4 Å². The fraction of sp³-hybridized carbons (Fsp3) is 0.529. The molecule has 0 aliphatic carbocycles. The fourth-order valence-electron chi connectivity index (χ4n) is 2.47. The van der Waals surface area contributed by atoms with Crippen LogP contribution in [0.2, 0.25) is 0 Å². The van der Waals surface area contributed by atoms with Crippen LogP contribution in [-0.4, -0.2) is 40.7 Å². The molecule has 6 nitrogen and oxygen atoms in total. The van der Waals surface area contributed by atoms with Gasteiger partial charge in [0, 0.05) is 18.8 Å². The van der Waals surface area contributed by atoms with E-state index in [1.807, 2.05) is 20.8 Å². The molecule has 2 N–H and O–H groups in total. The molecule has 1 atom stereocenters. The molecule has 0 spiro atoms. The number of ether oxygens (including phenoxy) is 1. The summed E-state index contributed by atoms with van der Waals surface area (Å²) in [4.78, 5) is 26.1. The van der Waals surface area contributed by atoms with Crippen molar-refractivity contribution in [1.29, 1.82) is 0 Å². The fourth-order valence-corrected chi connectivity index (χ4v) is 2.47. The van der Waals surface area contributed by atoms with Crippen LogP contribution in [0.3, 0.4) is 0 Å². The van der Waals surface area contributed by atoms with Gasteiger partial charge in [-0.3, -0.25) is 4.79 Å². The van der Waals surface area contributed by atoms with E-state index in [9.17, 15) is 14.7 Å². The van der Waals surface area contributed by atoms with Crippen molar-refractivity contribution in [3.05, 3.63) is 24.3 Å². The van der Waals surface area contributed by atoms with Crippen LogP contribution in [-0.2, 0) is 9.53 Å². The van der Waals surface area contributed by atoms with Crippen molar-refractivity contribution in [2.45, 2.75) is 39.2 Å². The van der Waals surface area contributed by atoms with E-state index < -0.39 is 5.60 Å². The zero-order chi connectivity index (χ0) is 17.0. The number of benzene rings is 1. The number of carbonyl (C=O) groups is 2. The van der Waals surface area contributed by atoms with Crippen LogP contribution < -0.4 is 5.32 Å². The second-order valence-corrected chi connectivity index (χ2v) is 6.80. The standard InChI is InChI=1S/C17H24N2O4/c1-17(2,3)23-16(22)19-10-4-5-12(11-19)15(21)18-13-6-8-14(20)9-7-13/h6-9,12,20H,4-5,10-11H2,1-3H3,(H,18,21). The summed E-state index contributed by atoms with van der Waals surface area (Å²) < 4.78 is 5.36. The van der Waals surface area contributed by atoms with Gasteiger partial charge >= 0.3 is 6.09 Å². The number of aromatic hydroxyl groups is 1. The van der Waals surface area contributed by atoms with Gasteiger partial charge in [0.1, 0.15) is 11.4 Å². The first-order chi connectivity index (χ1) is 10.7. The highest BCUT2D eigenvalue weighted by atomic mass is 16.6. The van der Waals surface area contributed by atoms with E-state index in [1.54, 1.807) is 17.0 Å². The number of piperidine rings is 1. The third kappa shape index (κ3) is 5.16. The molecule has 2 amide bonds. The lowest BCUT2D eigenvalue weighted by molar-refractivity contribution is -0.121. The lowest BCUT2D eigenvalue weighted by Gasteiger charge is -2.33. The molecule has 1 aliphatic heterocycles. The minimum absolute atomic E-state index is 0.121. The van der Waals surface area contributed by atoms with E-state index in [2.05, 4.69) is 5.32 Å². The molecule has 6 heteroatoms. The third-order valence-electron chi connectivity index (χ3n) is 3.58. The largest absolute Gasteiger partial charge is 0.508 e. The molecule has 1 saturated heterocycles. The summed E-state index contributed by atoms with van der Waals surface area (Å²) in [5, 5.41) is 12.1. The van der Waals surface area contributed by atoms with Gasteiger partial charge in [-0.2, -0.15) is 0 Å². The van der Waals surface area contributed by atoms with E-state index in [1.165, 1.54) is 12.1 Å². The molecule has 23 heavy (non-hydrogen) atoms. The van der Waals surface area contributed by atoms with Crippen LogP contribution in [0.15, 0.2) is 24.3 Å². The number of phenols is 1. The Balaban J connectivity index is 1.93. The Labute approximate surface area is 136 Å². The molecule has 1 aromatic rings. The number of phenolic OH excluding ortho intramolecular Hbond substituents is 1. The maximum atomic E-state index is 12.4. The van der Waals surface area contributed by atoms with Gasteiger partial charge in [0.05, 0.1) is 5.92 Å². The smallest absolute Gasteiger partial charge is 0.410 e. The number of nitrogens with zero attached hydrogens (tertiary/aromatic N) is 1. The number of carbonyl (C=O) groups excluding carboxylic acids is 2. The van der Waals surface area contributed by atoms with Crippen molar-refractivity contribution in [3.8, 4) is 5.75 Å². The topological polar surface area (TPSA) is 78.9 Å². The van der Waals surface area contributed by atoms with E-state index in [0.717, 1.165) is 12.8 Å². The molecule has 0 aromatic heterocycles. The molecule has 1 fully saturated rings. The third-order valence-corrected chi connectivity index (χ3v) is 3.58. The van der Waals surface area contributed by atoms with Crippen LogP contribution in [0.1, 0.15) is 33.6 Å². The van der Waals surface area contributed by atoms with E-state index in [0.29, 0.717) is 18.8 Å². The molecule has 1 heterocycles. The molecule has 1 aromatic carbocycles. The number of amides is 2. The van der Waals surface area contributed by atoms with Crippen molar-refractivity contribution in [3.63, 3.8) is 0 Å². The maximum absolute atomic E-state index is 12.4. The van der Waals surface area contributed by atoms with Gasteiger partial charge in [-0.1, -0.05) is 0 Å². The van der Waals surface area contributed by atoms with Crippen molar-refractivity contribution in [2.75, 3.05) is 18.4 Å². The van der Waals surface area contributed by atoms with Gasteiger partial charge in [0.2, 0.25) is 5.91 Å². The van der Waals surface area contributed by atoms with Crippen molar-refractivity contribution in [2.24, 2.45) is 5.92 Å². The average Bonchev–Trinajstić information content (AvgIpc) is 2.48. The highest BCUT2D eigenvalue weighted by molar-refractivity contribution is 5.93. The number of rotatable bonds is 2. The molecular formula is C17H24N2O4. The van der Waals surface area contributed by atoms with Crippen LogP contribution in [0.25, 0.3) is 0 Å². The summed E-state index contributed by atoms with van der Waals surface area (Å²) in [6, 6.07) is 6.32. The predicted octanol–water partition coefficient (Wildman–Crippen LogP) is 2.98. The molecule has 126 valence electrons. The Morgan fingerprint density at radius 2 is 1.91 bits per heavy atom. The van der Waals surface area contributed by atoms with Gasteiger partial charge in [-0.25, -0.2) is 4.79 Å². The average molecular weight is 320 g/mol. The Hall–Kier alpha value is -2.24. The molecule has 1 aliphatic rings. The van der Waals surface area contributed by atoms with Crippen LogP contribution in [0, 0.1) is 5.92 Å². The Morgan fingerprint density at radius 1 is 1.26 bits per heavy atom. The van der Waals surface area contributed by atoms with E-state index in [4.69, 9.17) is 4.74 Å². The summed E-state index contributed by atoms with van der Waals surface area (Å²) in [7, 11) is 0. The van der Waals surface area contributed by atoms with E-state index in [-0.39, 0.29) is 23.7 Å². The van der Waals surface area contributed by atoms with Crippen LogP contribution >= 0.6 is 0 Å². The van der Waals surface area contributed by atoms with Gasteiger partial charge in [-0.05, 0) is 57.9 Å². The quantitative estimate of drug-likeness (QED) is 0.821. The first kappa shape index (κ1) is 17.1. The van der Waals surface area contributed by atoms with Gasteiger partial charge in [-0.15, -0.1) is 0 Å². The van der Waals surface area contributed by atoms with E-state index >= 15 is 0 Å². The monoisotopic (exact) mass is 320 g/mol. The summed E-state index contributed by atoms with van der Waals surface area (Å²) in [5.74, 6) is -0.231. The lowest BCUT2D eigenvalue weighted by Crippen LogP contribution is -2.45. The summed E-state index contributed by atoms with van der Waals surface area (Å²) in [6.45, 7) is 6.44. The minimum atomic E-state index is -0.543. The summed E-state index contributed by atoms with van der Waals surface area (Å²) in [6.07, 6.45) is 1.13. The highest BCUT2D eigenvalue weighted by Gasteiger charge is 2.31. The number of hydrogen-bond donors (Lipinski definition) is 2. The highest BCUT2D eigenvalue weighted by Crippen LogP contribution is 2.21. The number of hydrogen-bond acceptors (Lipinski definition) is 4. The maximum Gasteiger partial charge on any atom is 0.410 e. The predicted molar refractivity (Wildman–Crippen MR) is 87.3 cm³/mol. The normalized spacial score (nSPS) is 18.4. The molecule has 0 saturated carbocycles. The molecule has 0 bridgehead atoms. The lowest BCUT2D eigenvalue weighted by atomic mass is 9.97. The number of likely N-dealkylation sites (tertiary alicyclic amines) is 1. The Bertz CT molecular complexity index is 563. The second-order valence-electron chi connectivity index (χ2n) is 6.80. The molecule has 2 rings (SSSR count). The molecule has 0 radical (unpaired) electrons. The SMILES string of the molecule is CC(C)(C)OC(=O)N1CCCC(C(=O)Nc2ccc(O)cc2)C1. The van der Waals surface area contributed by atoms with Crippen molar-refractivity contribution in [1.82, 2.24) is 4.90 Å². The zero-order valence-corrected chi connectivity index (χ0v) is 13.8. The Morgan fingerprint density at radius 3 is 2.52 bits per heavy atom. The molecular weight excluding hydrogens is 296 g/mol. The summed E-state index contributed by atoms with van der Waals surface area (Å²) in [5.41, 5.74) is 0.0837. The van der Waals surface area contributed by atoms with Gasteiger partial charge in [0.15, 0.2) is 0 Å². The number of anilines is 1. The minimum Gasteiger partial charge on any atom is -0.508 e. The zero-order valence-electron chi connectivity index (χ0n) is 13.8.